The van der Waals surface area contributed by atoms with Gasteiger partial charge in [0.2, 0.25) is 0 Å². The number of hydrogen-bond acceptors (Lipinski definition) is 6. The Balaban J connectivity index is 1.40. The van der Waals surface area contributed by atoms with Crippen molar-refractivity contribution < 1.29 is 14.6 Å². The van der Waals surface area contributed by atoms with E-state index in [1.54, 1.807) is 7.11 Å². The van der Waals surface area contributed by atoms with Gasteiger partial charge in [0.05, 0.1) is 7.11 Å². The number of methoxy groups -OCH3 is 1. The molecular formula is C25H37N3O3. The molecule has 2 N–H and O–H groups in total. The van der Waals surface area contributed by atoms with Crippen LogP contribution in [0.25, 0.3) is 0 Å². The maximum Gasteiger partial charge on any atom is 0.161 e. The number of nitrogens with one attached hydrogen (secondary N) is 1. The maximum absolute atomic E-state index is 10.4. The van der Waals surface area contributed by atoms with Crippen LogP contribution >= 0.6 is 0 Å². The molecule has 1 atom stereocenters. The highest BCUT2D eigenvalue weighted by molar-refractivity contribution is 5.43. The van der Waals surface area contributed by atoms with Crippen LogP contribution in [0.15, 0.2) is 48.5 Å². The molecule has 6 heteroatoms. The fraction of sp³-hybridized carbons (Fsp3) is 0.520. The Morgan fingerprint density at radius 2 is 1.71 bits per heavy atom. The minimum Gasteiger partial charge on any atom is -0.493 e. The summed E-state index contributed by atoms with van der Waals surface area (Å²) in [6.07, 6.45) is 0.488. The normalized spacial score (nSPS) is 16.2. The highest BCUT2D eigenvalue weighted by Crippen LogP contribution is 2.28. The van der Waals surface area contributed by atoms with E-state index in [0.29, 0.717) is 18.0 Å². The molecule has 6 nitrogen and oxygen atoms in total. The fourth-order valence-corrected chi connectivity index (χ4v) is 3.88. The highest BCUT2D eigenvalue weighted by atomic mass is 16.5. The first-order chi connectivity index (χ1) is 15.2. The third kappa shape index (κ3) is 7.82. The summed E-state index contributed by atoms with van der Waals surface area (Å²) in [6.45, 7) is 10.0. The van der Waals surface area contributed by atoms with Gasteiger partial charge in [0.1, 0.15) is 12.7 Å². The lowest BCUT2D eigenvalue weighted by Crippen LogP contribution is -2.49. The molecule has 0 radical (unpaired) electrons. The standard InChI is InChI=1S/C25H37N3O3/c1-3-27-13-15-28(16-14-27)19-23(29)20-31-24-10-9-22(17-25(24)30-2)18-26-12-11-21-7-5-4-6-8-21/h4-10,17,23,26,29H,3,11-16,18-20H2,1-2H3/t23-/m0/s1. The Morgan fingerprint density at radius 1 is 0.968 bits per heavy atom. The smallest absolute Gasteiger partial charge is 0.161 e. The second kappa shape index (κ2) is 12.7. The van der Waals surface area contributed by atoms with Crippen LogP contribution in [0, 0.1) is 0 Å². The summed E-state index contributed by atoms with van der Waals surface area (Å²) in [6, 6.07) is 16.5. The highest BCUT2D eigenvalue weighted by Gasteiger charge is 2.19. The molecular weight excluding hydrogens is 390 g/mol. The third-order valence-electron chi connectivity index (χ3n) is 5.80. The van der Waals surface area contributed by atoms with E-state index in [9.17, 15) is 5.11 Å². The van der Waals surface area contributed by atoms with Crippen LogP contribution < -0.4 is 14.8 Å². The van der Waals surface area contributed by atoms with Crippen molar-refractivity contribution in [2.45, 2.75) is 26.0 Å². The Kier molecular flexibility index (Phi) is 9.62. The Morgan fingerprint density at radius 3 is 2.42 bits per heavy atom. The van der Waals surface area contributed by atoms with Crippen molar-refractivity contribution >= 4 is 0 Å². The van der Waals surface area contributed by atoms with E-state index in [2.05, 4.69) is 46.3 Å². The van der Waals surface area contributed by atoms with Crippen LogP contribution in [0.2, 0.25) is 0 Å². The second-order valence-electron chi connectivity index (χ2n) is 8.10. The molecule has 1 fully saturated rings. The second-order valence-corrected chi connectivity index (χ2v) is 8.10. The van der Waals surface area contributed by atoms with Gasteiger partial charge >= 0.3 is 0 Å². The van der Waals surface area contributed by atoms with Crippen LogP contribution in [0.3, 0.4) is 0 Å². The predicted molar refractivity (Wildman–Crippen MR) is 125 cm³/mol. The largest absolute Gasteiger partial charge is 0.493 e. The Labute approximate surface area is 186 Å². The maximum atomic E-state index is 10.4. The van der Waals surface area contributed by atoms with Crippen molar-refractivity contribution in [1.29, 1.82) is 0 Å². The predicted octanol–water partition coefficient (Wildman–Crippen LogP) is 2.40. The van der Waals surface area contributed by atoms with Crippen molar-refractivity contribution in [3.05, 3.63) is 59.7 Å². The number of nitrogens with zero attached hydrogens (tertiary/aromatic N) is 2. The minimum atomic E-state index is -0.516. The number of hydrogen-bond donors (Lipinski definition) is 2. The summed E-state index contributed by atoms with van der Waals surface area (Å²) in [5.74, 6) is 1.37. The van der Waals surface area contributed by atoms with Crippen molar-refractivity contribution in [2.24, 2.45) is 0 Å². The monoisotopic (exact) mass is 427 g/mol. The van der Waals surface area contributed by atoms with E-state index >= 15 is 0 Å². The van der Waals surface area contributed by atoms with E-state index in [-0.39, 0.29) is 6.61 Å². The van der Waals surface area contributed by atoms with E-state index in [0.717, 1.165) is 57.8 Å². The van der Waals surface area contributed by atoms with E-state index in [1.807, 2.05) is 24.3 Å². The van der Waals surface area contributed by atoms with Gasteiger partial charge in [0, 0.05) is 39.3 Å². The molecule has 1 saturated heterocycles. The number of likely N-dealkylation sites (N-methyl/N-ethyl adjacent to an activating group) is 1. The number of β-amino-alcohol motifs (C(OH)–C–C–N with tert-alkyl or cyclic N) is 1. The van der Waals surface area contributed by atoms with Crippen LogP contribution in [0.4, 0.5) is 0 Å². The number of rotatable bonds is 12. The number of ether oxygens (including phenoxy) is 2. The van der Waals surface area contributed by atoms with Crippen molar-refractivity contribution in [3.8, 4) is 11.5 Å². The molecule has 0 bridgehead atoms. The molecule has 0 aliphatic carbocycles. The topological polar surface area (TPSA) is 57.2 Å². The van der Waals surface area contributed by atoms with Gasteiger partial charge < -0.3 is 24.8 Å². The van der Waals surface area contributed by atoms with Crippen molar-refractivity contribution in [2.75, 3.05) is 59.5 Å². The molecule has 2 aromatic rings. The van der Waals surface area contributed by atoms with Crippen LogP contribution in [0.1, 0.15) is 18.1 Å². The molecule has 0 aromatic heterocycles. The molecule has 2 aromatic carbocycles. The van der Waals surface area contributed by atoms with Gasteiger partial charge in [-0.3, -0.25) is 4.90 Å². The van der Waals surface area contributed by atoms with Crippen LogP contribution in [0.5, 0.6) is 11.5 Å². The van der Waals surface area contributed by atoms with Crippen molar-refractivity contribution in [3.63, 3.8) is 0 Å². The molecule has 1 aliphatic heterocycles. The molecule has 3 rings (SSSR count). The zero-order valence-electron chi connectivity index (χ0n) is 18.9. The average Bonchev–Trinajstić information content (AvgIpc) is 2.82. The number of aliphatic hydroxyl groups is 1. The van der Waals surface area contributed by atoms with E-state index in [4.69, 9.17) is 9.47 Å². The number of piperazine rings is 1. The molecule has 0 spiro atoms. The zero-order chi connectivity index (χ0) is 21.9. The van der Waals surface area contributed by atoms with Gasteiger partial charge in [-0.1, -0.05) is 43.3 Å². The lowest BCUT2D eigenvalue weighted by atomic mass is 10.1. The van der Waals surface area contributed by atoms with Crippen LogP contribution in [-0.4, -0.2) is 80.5 Å². The third-order valence-corrected chi connectivity index (χ3v) is 5.80. The lowest BCUT2D eigenvalue weighted by molar-refractivity contribution is 0.0464. The molecule has 0 saturated carbocycles. The molecule has 1 heterocycles. The van der Waals surface area contributed by atoms with E-state index in [1.165, 1.54) is 5.56 Å². The quantitative estimate of drug-likeness (QED) is 0.508. The molecule has 1 aliphatic rings. The number of benzene rings is 2. The summed E-state index contributed by atoms with van der Waals surface area (Å²) in [4.78, 5) is 4.74. The molecule has 31 heavy (non-hydrogen) atoms. The van der Waals surface area contributed by atoms with Gasteiger partial charge in [0.15, 0.2) is 11.5 Å². The van der Waals surface area contributed by atoms with Gasteiger partial charge in [-0.05, 0) is 42.8 Å². The van der Waals surface area contributed by atoms with Crippen LogP contribution in [-0.2, 0) is 13.0 Å². The first-order valence-electron chi connectivity index (χ1n) is 11.3. The summed E-state index contributed by atoms with van der Waals surface area (Å²) in [5.41, 5.74) is 2.48. The average molecular weight is 428 g/mol. The van der Waals surface area contributed by atoms with Gasteiger partial charge in [-0.15, -0.1) is 0 Å². The van der Waals surface area contributed by atoms with Gasteiger partial charge in [0.25, 0.3) is 0 Å². The first-order valence-corrected chi connectivity index (χ1v) is 11.3. The lowest BCUT2D eigenvalue weighted by Gasteiger charge is -2.34. The Bertz CT molecular complexity index is 764. The number of aliphatic hydroxyl groups excluding tert-OH is 1. The SMILES string of the molecule is CCN1CCN(C[C@H](O)COc2ccc(CNCCc3ccccc3)cc2OC)CC1. The molecule has 170 valence electrons. The molecule has 0 amide bonds. The van der Waals surface area contributed by atoms with E-state index < -0.39 is 6.10 Å². The Hall–Kier alpha value is -2.12. The summed E-state index contributed by atoms with van der Waals surface area (Å²) >= 11 is 0. The summed E-state index contributed by atoms with van der Waals surface area (Å²) in [5, 5.41) is 13.9. The zero-order valence-corrected chi connectivity index (χ0v) is 18.9. The van der Waals surface area contributed by atoms with Gasteiger partial charge in [-0.25, -0.2) is 0 Å². The fourth-order valence-electron chi connectivity index (χ4n) is 3.88. The minimum absolute atomic E-state index is 0.263. The molecule has 0 unspecified atom stereocenters. The summed E-state index contributed by atoms with van der Waals surface area (Å²) < 4.78 is 11.4. The summed E-state index contributed by atoms with van der Waals surface area (Å²) in [7, 11) is 1.65. The van der Waals surface area contributed by atoms with Crippen molar-refractivity contribution in [1.82, 2.24) is 15.1 Å². The van der Waals surface area contributed by atoms with Gasteiger partial charge in [-0.2, -0.15) is 0 Å². The first kappa shape index (κ1) is 23.5.